The first-order chi connectivity index (χ1) is 16.6. The van der Waals surface area contributed by atoms with E-state index in [-0.39, 0.29) is 44.8 Å². The Morgan fingerprint density at radius 3 is 2.46 bits per heavy atom. The number of carbonyl (C=O) groups is 1. The van der Waals surface area contributed by atoms with Gasteiger partial charge in [-0.15, -0.1) is 0 Å². The normalized spacial score (nSPS) is 18.2. The Morgan fingerprint density at radius 2 is 1.83 bits per heavy atom. The zero-order chi connectivity index (χ0) is 25.3. The van der Waals surface area contributed by atoms with Gasteiger partial charge in [0.25, 0.3) is 12.3 Å². The van der Waals surface area contributed by atoms with Crippen LogP contribution < -0.4 is 15.4 Å². The lowest BCUT2D eigenvalue weighted by atomic mass is 9.87. The van der Waals surface area contributed by atoms with Crippen molar-refractivity contribution in [3.8, 4) is 5.88 Å². The van der Waals surface area contributed by atoms with E-state index in [1.807, 2.05) is 0 Å². The number of amides is 1. The van der Waals surface area contributed by atoms with Crippen molar-refractivity contribution in [3.63, 3.8) is 0 Å². The summed E-state index contributed by atoms with van der Waals surface area (Å²) in [5.74, 6) is -0.434. The molecule has 1 aliphatic carbocycles. The van der Waals surface area contributed by atoms with Crippen molar-refractivity contribution in [2.24, 2.45) is 13.0 Å². The lowest BCUT2D eigenvalue weighted by Gasteiger charge is -2.27. The van der Waals surface area contributed by atoms with Crippen molar-refractivity contribution in [1.29, 1.82) is 0 Å². The minimum absolute atomic E-state index is 0.0129. The highest BCUT2D eigenvalue weighted by molar-refractivity contribution is 6.39. The lowest BCUT2D eigenvalue weighted by molar-refractivity contribution is 0.0770. The number of anilines is 2. The van der Waals surface area contributed by atoms with Gasteiger partial charge >= 0.3 is 0 Å². The molecule has 1 amide bonds. The monoisotopic (exact) mass is 529 g/mol. The maximum atomic E-state index is 13.5. The van der Waals surface area contributed by atoms with Gasteiger partial charge < -0.3 is 15.4 Å². The number of ether oxygens (including phenoxy) is 1. The predicted molar refractivity (Wildman–Crippen MR) is 129 cm³/mol. The minimum Gasteiger partial charge on any atom is -0.471 e. The second-order valence-electron chi connectivity index (χ2n) is 8.68. The second-order valence-corrected chi connectivity index (χ2v) is 9.49. The zero-order valence-electron chi connectivity index (χ0n) is 19.0. The summed E-state index contributed by atoms with van der Waals surface area (Å²) in [5, 5.41) is 5.98. The number of nitrogens with one attached hydrogen (secondary N) is 2. The number of aromatic nitrogens is 3. The number of alkyl halides is 2. The van der Waals surface area contributed by atoms with Crippen molar-refractivity contribution < 1.29 is 22.7 Å². The van der Waals surface area contributed by atoms with Crippen LogP contribution >= 0.6 is 23.2 Å². The first-order valence-corrected chi connectivity index (χ1v) is 11.9. The topological polar surface area (TPSA) is 81.1 Å². The van der Waals surface area contributed by atoms with Gasteiger partial charge in [0.1, 0.15) is 16.9 Å². The summed E-state index contributed by atoms with van der Waals surface area (Å²) in [5.41, 5.74) is 0.830. The number of rotatable bonds is 7. The third-order valence-corrected chi connectivity index (χ3v) is 6.59. The summed E-state index contributed by atoms with van der Waals surface area (Å²) in [6.07, 6.45) is 0.940. The predicted octanol–water partition coefficient (Wildman–Crippen LogP) is 6.11. The van der Waals surface area contributed by atoms with Crippen LogP contribution in [-0.2, 0) is 7.05 Å². The van der Waals surface area contributed by atoms with E-state index in [4.69, 9.17) is 27.9 Å². The highest BCUT2D eigenvalue weighted by Gasteiger charge is 2.25. The van der Waals surface area contributed by atoms with Crippen LogP contribution in [0.2, 0.25) is 10.0 Å². The SMILES string of the molecule is Cn1c(Nc2c(Cl)cc(F)cc2Cl)nc2cc(C(=O)N[C@H]3CC[C@H](C)CC3)c(OCC(F)F)nc21. The molecule has 1 saturated carbocycles. The molecule has 0 spiro atoms. The van der Waals surface area contributed by atoms with E-state index >= 15 is 0 Å². The number of benzene rings is 1. The Morgan fingerprint density at radius 1 is 1.17 bits per heavy atom. The zero-order valence-corrected chi connectivity index (χ0v) is 20.6. The smallest absolute Gasteiger partial charge is 0.272 e. The van der Waals surface area contributed by atoms with Gasteiger partial charge in [-0.05, 0) is 49.8 Å². The average Bonchev–Trinajstić information content (AvgIpc) is 3.10. The molecule has 7 nitrogen and oxygen atoms in total. The van der Waals surface area contributed by atoms with Gasteiger partial charge in [0.2, 0.25) is 11.8 Å². The van der Waals surface area contributed by atoms with Crippen molar-refractivity contribution in [3.05, 3.63) is 39.6 Å². The van der Waals surface area contributed by atoms with Gasteiger partial charge in [0.15, 0.2) is 12.3 Å². The molecule has 0 aliphatic heterocycles. The van der Waals surface area contributed by atoms with Crippen LogP contribution in [0.5, 0.6) is 5.88 Å². The van der Waals surface area contributed by atoms with E-state index in [0.29, 0.717) is 11.4 Å². The molecule has 1 aliphatic rings. The van der Waals surface area contributed by atoms with Crippen molar-refractivity contribution in [2.45, 2.75) is 45.1 Å². The number of hydrogen-bond donors (Lipinski definition) is 2. The Bertz CT molecular complexity index is 1220. The molecule has 12 heteroatoms. The first kappa shape index (κ1) is 25.4. The quantitative estimate of drug-likeness (QED) is 0.385. The highest BCUT2D eigenvalue weighted by atomic mass is 35.5. The molecule has 0 unspecified atom stereocenters. The Hall–Kier alpha value is -2.72. The third kappa shape index (κ3) is 5.75. The molecule has 0 radical (unpaired) electrons. The largest absolute Gasteiger partial charge is 0.471 e. The van der Waals surface area contributed by atoms with E-state index in [1.54, 1.807) is 7.05 Å². The van der Waals surface area contributed by atoms with E-state index in [0.717, 1.165) is 37.8 Å². The number of carbonyl (C=O) groups excluding carboxylic acids is 1. The Labute approximate surface area is 210 Å². The van der Waals surface area contributed by atoms with Gasteiger partial charge in [-0.25, -0.2) is 18.2 Å². The maximum Gasteiger partial charge on any atom is 0.272 e. The molecule has 2 heterocycles. The van der Waals surface area contributed by atoms with Crippen LogP contribution in [-0.4, -0.2) is 39.5 Å². The van der Waals surface area contributed by atoms with Crippen LogP contribution in [0, 0.1) is 11.7 Å². The standard InChI is InChI=1S/C23H24Cl2F3N5O2/c1-11-3-5-13(6-4-11)29-21(34)14-9-17-20(32-22(14)35-10-18(27)28)33(2)23(30-17)31-19-15(24)7-12(26)8-16(19)25/h7-9,11,13,18H,3-6,10H2,1-2H3,(H,29,34)(H,30,31)/t11-,13-. The summed E-state index contributed by atoms with van der Waals surface area (Å²) in [7, 11) is 1.62. The number of halogens is 5. The van der Waals surface area contributed by atoms with Gasteiger partial charge in [0, 0.05) is 13.1 Å². The molecule has 1 fully saturated rings. The minimum atomic E-state index is -2.74. The van der Waals surface area contributed by atoms with E-state index in [2.05, 4.69) is 27.5 Å². The first-order valence-electron chi connectivity index (χ1n) is 11.1. The maximum absolute atomic E-state index is 13.5. The van der Waals surface area contributed by atoms with Crippen LogP contribution in [0.1, 0.15) is 43.0 Å². The highest BCUT2D eigenvalue weighted by Crippen LogP contribution is 2.35. The molecule has 4 rings (SSSR count). The molecule has 3 aromatic rings. The Kier molecular flexibility index (Phi) is 7.61. The molecule has 188 valence electrons. The summed E-state index contributed by atoms with van der Waals surface area (Å²) < 4.78 is 46.0. The van der Waals surface area contributed by atoms with Crippen LogP contribution in [0.25, 0.3) is 11.2 Å². The summed E-state index contributed by atoms with van der Waals surface area (Å²) in [6, 6.07) is 3.63. The van der Waals surface area contributed by atoms with Gasteiger partial charge in [0.05, 0.1) is 15.7 Å². The van der Waals surface area contributed by atoms with Crippen LogP contribution in [0.4, 0.5) is 24.8 Å². The van der Waals surface area contributed by atoms with Crippen molar-refractivity contribution >= 4 is 51.9 Å². The summed E-state index contributed by atoms with van der Waals surface area (Å²) in [4.78, 5) is 21.8. The van der Waals surface area contributed by atoms with Crippen molar-refractivity contribution in [1.82, 2.24) is 19.9 Å². The molecular formula is C23H24Cl2F3N5O2. The van der Waals surface area contributed by atoms with Crippen LogP contribution in [0.15, 0.2) is 18.2 Å². The number of nitrogens with zero attached hydrogens (tertiary/aromatic N) is 3. The van der Waals surface area contributed by atoms with Gasteiger partial charge in [-0.1, -0.05) is 30.1 Å². The number of aryl methyl sites for hydroxylation is 1. The molecule has 0 atom stereocenters. The van der Waals surface area contributed by atoms with E-state index in [1.165, 1.54) is 10.6 Å². The molecule has 35 heavy (non-hydrogen) atoms. The van der Waals surface area contributed by atoms with Gasteiger partial charge in [-0.3, -0.25) is 9.36 Å². The van der Waals surface area contributed by atoms with E-state index < -0.39 is 24.8 Å². The van der Waals surface area contributed by atoms with E-state index in [9.17, 15) is 18.0 Å². The average molecular weight is 530 g/mol. The van der Waals surface area contributed by atoms with Crippen LogP contribution in [0.3, 0.4) is 0 Å². The summed E-state index contributed by atoms with van der Waals surface area (Å²) in [6.45, 7) is 1.26. The lowest BCUT2D eigenvalue weighted by Crippen LogP contribution is -2.37. The number of imidazole rings is 1. The summed E-state index contributed by atoms with van der Waals surface area (Å²) >= 11 is 12.2. The fraction of sp³-hybridized carbons (Fsp3) is 0.435. The fourth-order valence-electron chi connectivity index (χ4n) is 4.06. The molecule has 0 bridgehead atoms. The second kappa shape index (κ2) is 10.5. The number of hydrogen-bond acceptors (Lipinski definition) is 5. The Balaban J connectivity index is 1.68. The molecule has 0 saturated heterocycles. The molecule has 1 aromatic carbocycles. The van der Waals surface area contributed by atoms with Crippen molar-refractivity contribution in [2.75, 3.05) is 11.9 Å². The number of pyridine rings is 1. The third-order valence-electron chi connectivity index (χ3n) is 6.00. The molecular weight excluding hydrogens is 506 g/mol. The molecule has 2 aromatic heterocycles. The fourth-order valence-corrected chi connectivity index (χ4v) is 4.62. The molecule has 2 N–H and O–H groups in total. The number of fused-ring (bicyclic) bond motifs is 1. The van der Waals surface area contributed by atoms with Gasteiger partial charge in [-0.2, -0.15) is 4.98 Å².